The fourth-order valence-corrected chi connectivity index (χ4v) is 4.87. The first-order valence-electron chi connectivity index (χ1n) is 11.5. The monoisotopic (exact) mass is 435 g/mol. The molecule has 7 heteroatoms. The molecule has 31 heavy (non-hydrogen) atoms. The van der Waals surface area contributed by atoms with Crippen LogP contribution in [0.5, 0.6) is 5.75 Å². The Morgan fingerprint density at radius 1 is 1.13 bits per heavy atom. The first-order valence-corrected chi connectivity index (χ1v) is 11.5. The van der Waals surface area contributed by atoms with Crippen molar-refractivity contribution in [2.24, 2.45) is 17.0 Å². The van der Waals surface area contributed by atoms with E-state index in [9.17, 15) is 19.9 Å². The van der Waals surface area contributed by atoms with Crippen molar-refractivity contribution in [2.75, 3.05) is 7.11 Å². The van der Waals surface area contributed by atoms with Gasteiger partial charge in [0.25, 0.3) is 0 Å². The molecule has 0 amide bonds. The van der Waals surface area contributed by atoms with E-state index < -0.39 is 24.2 Å². The molecule has 0 aromatic heterocycles. The van der Waals surface area contributed by atoms with Gasteiger partial charge in [0, 0.05) is 6.42 Å². The smallest absolute Gasteiger partial charge is 0.303 e. The van der Waals surface area contributed by atoms with Crippen LogP contribution in [0.4, 0.5) is 0 Å². The van der Waals surface area contributed by atoms with E-state index in [0.717, 1.165) is 37.0 Å². The van der Waals surface area contributed by atoms with E-state index in [4.69, 9.17) is 9.84 Å². The van der Waals surface area contributed by atoms with Gasteiger partial charge in [-0.1, -0.05) is 42.6 Å². The molecule has 0 heterocycles. The third-order valence-electron chi connectivity index (χ3n) is 6.61. The van der Waals surface area contributed by atoms with Crippen molar-refractivity contribution in [3.63, 3.8) is 0 Å². The molecule has 0 spiro atoms. The van der Waals surface area contributed by atoms with Gasteiger partial charge >= 0.3 is 5.97 Å². The number of ether oxygens (including phenoxy) is 1. The van der Waals surface area contributed by atoms with Crippen LogP contribution in [0.25, 0.3) is 0 Å². The van der Waals surface area contributed by atoms with Crippen LogP contribution in [-0.2, 0) is 11.2 Å². The molecule has 3 N–H and O–H groups in total. The number of methoxy groups -OCH3 is 1. The Balaban J connectivity index is 1.79. The molecule has 174 valence electrons. The van der Waals surface area contributed by atoms with E-state index in [1.54, 1.807) is 7.11 Å². The van der Waals surface area contributed by atoms with Gasteiger partial charge in [-0.2, -0.15) is 4.91 Å². The number of aliphatic carboxylic acids is 1. The number of hydrogen-bond acceptors (Lipinski definition) is 6. The lowest BCUT2D eigenvalue weighted by atomic mass is 9.84. The van der Waals surface area contributed by atoms with Gasteiger partial charge < -0.3 is 20.1 Å². The van der Waals surface area contributed by atoms with Crippen molar-refractivity contribution in [1.82, 2.24) is 0 Å². The van der Waals surface area contributed by atoms with E-state index in [2.05, 4.69) is 5.18 Å². The molecule has 7 nitrogen and oxygen atoms in total. The van der Waals surface area contributed by atoms with Gasteiger partial charge in [0.15, 0.2) is 0 Å². The second kappa shape index (κ2) is 13.4. The van der Waals surface area contributed by atoms with E-state index in [1.807, 2.05) is 24.3 Å². The molecule has 1 aromatic carbocycles. The number of aliphatic hydroxyl groups is 2. The number of rotatable bonds is 15. The highest BCUT2D eigenvalue weighted by atomic mass is 16.5. The maximum Gasteiger partial charge on any atom is 0.303 e. The molecule has 1 aliphatic carbocycles. The second-order valence-electron chi connectivity index (χ2n) is 8.73. The van der Waals surface area contributed by atoms with E-state index in [0.29, 0.717) is 38.5 Å². The molecule has 1 fully saturated rings. The fraction of sp³-hybridized carbons (Fsp3) is 0.708. The zero-order chi connectivity index (χ0) is 22.6. The zero-order valence-electron chi connectivity index (χ0n) is 18.5. The molecule has 0 saturated heterocycles. The minimum atomic E-state index is -0.768. The van der Waals surface area contributed by atoms with Crippen LogP contribution in [0.3, 0.4) is 0 Å². The van der Waals surface area contributed by atoms with Crippen LogP contribution in [-0.4, -0.2) is 46.6 Å². The van der Waals surface area contributed by atoms with Crippen LogP contribution in [0.1, 0.15) is 69.8 Å². The Bertz CT molecular complexity index is 682. The van der Waals surface area contributed by atoms with Crippen LogP contribution >= 0.6 is 0 Å². The van der Waals surface area contributed by atoms with Crippen molar-refractivity contribution in [3.05, 3.63) is 34.7 Å². The number of carboxylic acids is 1. The summed E-state index contributed by atoms with van der Waals surface area (Å²) >= 11 is 0. The van der Waals surface area contributed by atoms with Crippen molar-refractivity contribution < 1.29 is 24.9 Å². The van der Waals surface area contributed by atoms with Gasteiger partial charge in [-0.3, -0.25) is 4.79 Å². The third kappa shape index (κ3) is 8.22. The summed E-state index contributed by atoms with van der Waals surface area (Å²) in [5, 5.41) is 32.9. The molecule has 1 aliphatic rings. The standard InChI is InChI=1S/C24H37NO6/c1-31-23-10-7-6-8-17(23)12-13-18(26)14-15-19-20(22(27)16-21(19)25-30)9-4-2-3-5-11-24(28)29/h6-8,10,18-22,26-27H,2-5,9,11-16H2,1H3,(H,28,29). The van der Waals surface area contributed by atoms with Gasteiger partial charge in [0.2, 0.25) is 0 Å². The Kier molecular flexibility index (Phi) is 10.9. The molecule has 0 bridgehead atoms. The Labute approximate surface area is 184 Å². The molecular weight excluding hydrogens is 398 g/mol. The van der Waals surface area contributed by atoms with Gasteiger partial charge in [-0.05, 0) is 68.4 Å². The van der Waals surface area contributed by atoms with Crippen LogP contribution < -0.4 is 4.74 Å². The number of para-hydroxylation sites is 1. The lowest BCUT2D eigenvalue weighted by Crippen LogP contribution is -2.23. The second-order valence-corrected chi connectivity index (χ2v) is 8.73. The maximum atomic E-state index is 11.3. The lowest BCUT2D eigenvalue weighted by molar-refractivity contribution is -0.137. The van der Waals surface area contributed by atoms with Gasteiger partial charge in [-0.25, -0.2) is 0 Å². The zero-order valence-corrected chi connectivity index (χ0v) is 18.5. The summed E-state index contributed by atoms with van der Waals surface area (Å²) in [5.41, 5.74) is 1.06. The summed E-state index contributed by atoms with van der Waals surface area (Å²) < 4.78 is 5.36. The summed E-state index contributed by atoms with van der Waals surface area (Å²) in [6.45, 7) is 0. The van der Waals surface area contributed by atoms with Gasteiger partial charge in [-0.15, -0.1) is 0 Å². The van der Waals surface area contributed by atoms with E-state index in [-0.39, 0.29) is 18.3 Å². The number of benzene rings is 1. The molecule has 0 aliphatic heterocycles. The fourth-order valence-electron chi connectivity index (χ4n) is 4.87. The van der Waals surface area contributed by atoms with Crippen molar-refractivity contribution >= 4 is 5.97 Å². The van der Waals surface area contributed by atoms with Crippen molar-refractivity contribution in [3.8, 4) is 5.75 Å². The highest BCUT2D eigenvalue weighted by Gasteiger charge is 2.42. The topological polar surface area (TPSA) is 116 Å². The van der Waals surface area contributed by atoms with Gasteiger partial charge in [0.1, 0.15) is 5.75 Å². The summed E-state index contributed by atoms with van der Waals surface area (Å²) in [4.78, 5) is 21.9. The third-order valence-corrected chi connectivity index (χ3v) is 6.61. The summed E-state index contributed by atoms with van der Waals surface area (Å²) in [5.74, 6) is 0.0636. The Morgan fingerprint density at radius 2 is 1.87 bits per heavy atom. The average Bonchev–Trinajstić information content (AvgIpc) is 3.07. The molecule has 2 rings (SSSR count). The highest BCUT2D eigenvalue weighted by Crippen LogP contribution is 2.41. The normalized spacial score (nSPS) is 24.1. The number of aliphatic hydroxyl groups excluding tert-OH is 2. The van der Waals surface area contributed by atoms with Crippen molar-refractivity contribution in [2.45, 2.75) is 88.9 Å². The SMILES string of the molecule is COc1ccccc1CCC(O)CCC1C(N=O)CC(O)C1CCCCCCC(=O)O. The predicted octanol–water partition coefficient (Wildman–Crippen LogP) is 4.33. The van der Waals surface area contributed by atoms with E-state index >= 15 is 0 Å². The first-order chi connectivity index (χ1) is 15.0. The molecule has 5 atom stereocenters. The molecule has 1 saturated carbocycles. The number of carboxylic acid groups (broad SMARTS) is 1. The maximum absolute atomic E-state index is 11.3. The minimum Gasteiger partial charge on any atom is -0.496 e. The number of nitrogens with zero attached hydrogens (tertiary/aromatic N) is 1. The number of aryl methyl sites for hydroxylation is 1. The molecular formula is C24H37NO6. The summed E-state index contributed by atoms with van der Waals surface area (Å²) in [6, 6.07) is 7.39. The number of hydrogen-bond donors (Lipinski definition) is 3. The number of carbonyl (C=O) groups is 1. The van der Waals surface area contributed by atoms with Crippen LogP contribution in [0, 0.1) is 16.7 Å². The predicted molar refractivity (Wildman–Crippen MR) is 119 cm³/mol. The molecule has 0 radical (unpaired) electrons. The summed E-state index contributed by atoms with van der Waals surface area (Å²) in [6.07, 6.45) is 6.32. The van der Waals surface area contributed by atoms with Crippen LogP contribution in [0.15, 0.2) is 29.4 Å². The highest BCUT2D eigenvalue weighted by molar-refractivity contribution is 5.66. The van der Waals surface area contributed by atoms with Crippen molar-refractivity contribution in [1.29, 1.82) is 0 Å². The lowest BCUT2D eigenvalue weighted by Gasteiger charge is -2.24. The quantitative estimate of drug-likeness (QED) is 0.279. The average molecular weight is 436 g/mol. The largest absolute Gasteiger partial charge is 0.496 e. The number of unbranched alkanes of at least 4 members (excludes halogenated alkanes) is 3. The van der Waals surface area contributed by atoms with E-state index in [1.165, 1.54) is 0 Å². The van der Waals surface area contributed by atoms with Crippen LogP contribution in [0.2, 0.25) is 0 Å². The van der Waals surface area contributed by atoms with Gasteiger partial charge in [0.05, 0.1) is 25.4 Å². The first kappa shape index (κ1) is 25.3. The number of nitroso groups, excluding NO2 is 1. The Morgan fingerprint density at radius 3 is 2.58 bits per heavy atom. The Hall–Kier alpha value is -1.99. The minimum absolute atomic E-state index is 0.00701. The summed E-state index contributed by atoms with van der Waals surface area (Å²) in [7, 11) is 1.64. The molecule has 5 unspecified atom stereocenters. The molecule has 1 aromatic rings.